The standard InChI is InChI=1S/C25H26F6N8O2/c1-23(2,3)41-22(40)34-15-6-5-11-39(13-15)21-37-19(16-7-4-8-17(35-16)24(26,27)28)36-20(38-21)33-14-9-10-32-18(12-14)25(29,30)31/h4,7-10,12,15H,5-6,11,13H2,1-3H3,(H,34,40)(H,32,33,36,37,38). The first kappa shape index (κ1) is 29.7. The van der Waals surface area contributed by atoms with Gasteiger partial charge in [0.1, 0.15) is 22.7 Å². The Morgan fingerprint density at radius 3 is 2.39 bits per heavy atom. The number of nitrogens with one attached hydrogen (secondary N) is 2. The van der Waals surface area contributed by atoms with Crippen LogP contribution in [-0.4, -0.2) is 55.7 Å². The van der Waals surface area contributed by atoms with Gasteiger partial charge in [-0.2, -0.15) is 41.3 Å². The molecule has 16 heteroatoms. The Kier molecular flexibility index (Phi) is 8.22. The van der Waals surface area contributed by atoms with Crippen molar-refractivity contribution in [2.24, 2.45) is 0 Å². The highest BCUT2D eigenvalue weighted by atomic mass is 19.4. The molecule has 1 amide bonds. The SMILES string of the molecule is CC(C)(C)OC(=O)NC1CCCN(c2nc(Nc3ccnc(C(F)(F)F)c3)nc(-c3cccc(C(F)(F)F)n3)n2)C1. The van der Waals surface area contributed by atoms with E-state index in [0.29, 0.717) is 19.4 Å². The Morgan fingerprint density at radius 1 is 0.976 bits per heavy atom. The number of pyridine rings is 2. The van der Waals surface area contributed by atoms with Gasteiger partial charge in [0.05, 0.1) is 0 Å². The van der Waals surface area contributed by atoms with E-state index in [0.717, 1.165) is 24.4 Å². The Labute approximate surface area is 230 Å². The number of hydrogen-bond acceptors (Lipinski definition) is 9. The number of amides is 1. The molecule has 0 radical (unpaired) electrons. The van der Waals surface area contributed by atoms with Gasteiger partial charge in [0.2, 0.25) is 11.9 Å². The number of carbonyl (C=O) groups is 1. The van der Waals surface area contributed by atoms with Crippen LogP contribution in [0.1, 0.15) is 45.0 Å². The fourth-order valence-corrected chi connectivity index (χ4v) is 3.94. The molecule has 1 aliphatic heterocycles. The molecule has 4 heterocycles. The van der Waals surface area contributed by atoms with Crippen molar-refractivity contribution in [2.75, 3.05) is 23.3 Å². The molecule has 1 unspecified atom stereocenters. The lowest BCUT2D eigenvalue weighted by Crippen LogP contribution is -2.49. The number of hydrogen-bond donors (Lipinski definition) is 2. The summed E-state index contributed by atoms with van der Waals surface area (Å²) in [7, 11) is 0. The zero-order valence-electron chi connectivity index (χ0n) is 22.1. The van der Waals surface area contributed by atoms with Crippen LogP contribution < -0.4 is 15.5 Å². The van der Waals surface area contributed by atoms with Crippen LogP contribution in [0.15, 0.2) is 36.5 Å². The second-order valence-electron chi connectivity index (χ2n) is 10.2. The zero-order chi connectivity index (χ0) is 30.0. The molecular formula is C25H26F6N8O2. The Morgan fingerprint density at radius 2 is 1.71 bits per heavy atom. The van der Waals surface area contributed by atoms with Gasteiger partial charge >= 0.3 is 18.4 Å². The first-order valence-corrected chi connectivity index (χ1v) is 12.4. The van der Waals surface area contributed by atoms with Gasteiger partial charge in [0.25, 0.3) is 0 Å². The van der Waals surface area contributed by atoms with Gasteiger partial charge in [-0.25, -0.2) is 9.78 Å². The third-order valence-corrected chi connectivity index (χ3v) is 5.62. The van der Waals surface area contributed by atoms with E-state index in [2.05, 4.69) is 35.6 Å². The molecule has 220 valence electrons. The minimum absolute atomic E-state index is 0.0255. The highest BCUT2D eigenvalue weighted by Gasteiger charge is 2.34. The van der Waals surface area contributed by atoms with Gasteiger partial charge in [-0.1, -0.05) is 6.07 Å². The molecule has 3 aromatic rings. The number of nitrogens with zero attached hydrogens (tertiary/aromatic N) is 6. The molecule has 0 saturated carbocycles. The summed E-state index contributed by atoms with van der Waals surface area (Å²) in [4.78, 5) is 33.7. The van der Waals surface area contributed by atoms with E-state index in [1.54, 1.807) is 25.7 Å². The quantitative estimate of drug-likeness (QED) is 0.370. The summed E-state index contributed by atoms with van der Waals surface area (Å²) in [5.74, 6) is -0.445. The summed E-state index contributed by atoms with van der Waals surface area (Å²) < 4.78 is 84.8. The van der Waals surface area contributed by atoms with Crippen LogP contribution in [0.4, 0.5) is 48.7 Å². The van der Waals surface area contributed by atoms with Gasteiger partial charge in [-0.3, -0.25) is 4.98 Å². The predicted molar refractivity (Wildman–Crippen MR) is 135 cm³/mol. The topological polar surface area (TPSA) is 118 Å². The number of carbonyl (C=O) groups excluding carboxylic acids is 1. The van der Waals surface area contributed by atoms with Crippen LogP contribution in [0.2, 0.25) is 0 Å². The molecule has 2 N–H and O–H groups in total. The molecule has 1 fully saturated rings. The number of aromatic nitrogens is 5. The van der Waals surface area contributed by atoms with Crippen LogP contribution in [0.25, 0.3) is 11.5 Å². The molecule has 1 aliphatic rings. The summed E-state index contributed by atoms with van der Waals surface area (Å²) in [6, 6.07) is 4.84. The van der Waals surface area contributed by atoms with Crippen molar-refractivity contribution in [3.8, 4) is 11.5 Å². The number of alkyl halides is 6. The van der Waals surface area contributed by atoms with Crippen molar-refractivity contribution in [2.45, 2.75) is 57.6 Å². The first-order chi connectivity index (χ1) is 19.1. The maximum Gasteiger partial charge on any atom is 0.433 e. The molecule has 10 nitrogen and oxygen atoms in total. The van der Waals surface area contributed by atoms with E-state index >= 15 is 0 Å². The van der Waals surface area contributed by atoms with Gasteiger partial charge < -0.3 is 20.3 Å². The predicted octanol–water partition coefficient (Wildman–Crippen LogP) is 5.60. The fraction of sp³-hybridized carbons (Fsp3) is 0.440. The number of anilines is 3. The Bertz CT molecular complexity index is 1390. The van der Waals surface area contributed by atoms with E-state index < -0.39 is 35.4 Å². The minimum Gasteiger partial charge on any atom is -0.444 e. The van der Waals surface area contributed by atoms with E-state index in [1.165, 1.54) is 12.1 Å². The van der Waals surface area contributed by atoms with Crippen molar-refractivity contribution < 1.29 is 35.9 Å². The van der Waals surface area contributed by atoms with Crippen LogP contribution in [0, 0.1) is 0 Å². The third-order valence-electron chi connectivity index (χ3n) is 5.62. The summed E-state index contributed by atoms with van der Waals surface area (Å²) >= 11 is 0. The van der Waals surface area contributed by atoms with Gasteiger partial charge in [-0.05, 0) is 57.9 Å². The number of piperidine rings is 1. The number of alkyl carbamates (subject to hydrolysis) is 1. The fourth-order valence-electron chi connectivity index (χ4n) is 3.94. The zero-order valence-corrected chi connectivity index (χ0v) is 22.1. The van der Waals surface area contributed by atoms with Crippen LogP contribution in [0.5, 0.6) is 0 Å². The number of halogens is 6. The second-order valence-corrected chi connectivity index (χ2v) is 10.2. The molecular weight excluding hydrogens is 558 g/mol. The molecule has 4 rings (SSSR count). The molecule has 41 heavy (non-hydrogen) atoms. The maximum absolute atomic E-state index is 13.3. The van der Waals surface area contributed by atoms with Gasteiger partial charge in [-0.15, -0.1) is 0 Å². The number of rotatable bonds is 5. The smallest absolute Gasteiger partial charge is 0.433 e. The van der Waals surface area contributed by atoms with Gasteiger partial charge in [0, 0.05) is 31.0 Å². The Hall–Kier alpha value is -4.24. The van der Waals surface area contributed by atoms with Gasteiger partial charge in [0.15, 0.2) is 5.82 Å². The average molecular weight is 585 g/mol. The van der Waals surface area contributed by atoms with Crippen LogP contribution in [0.3, 0.4) is 0 Å². The highest BCUT2D eigenvalue weighted by Crippen LogP contribution is 2.31. The Balaban J connectivity index is 1.68. The molecule has 0 aliphatic carbocycles. The molecule has 0 aromatic carbocycles. The normalized spacial score (nSPS) is 16.3. The largest absolute Gasteiger partial charge is 0.444 e. The summed E-state index contributed by atoms with van der Waals surface area (Å²) in [5.41, 5.74) is -3.33. The van der Waals surface area contributed by atoms with E-state index in [9.17, 15) is 31.1 Å². The lowest BCUT2D eigenvalue weighted by Gasteiger charge is -2.33. The molecule has 1 atom stereocenters. The van der Waals surface area contributed by atoms with Crippen LogP contribution in [-0.2, 0) is 17.1 Å². The first-order valence-electron chi connectivity index (χ1n) is 12.4. The number of ether oxygens (including phenoxy) is 1. The minimum atomic E-state index is -4.73. The lowest BCUT2D eigenvalue weighted by molar-refractivity contribution is -0.141. The van der Waals surface area contributed by atoms with Crippen molar-refractivity contribution in [3.63, 3.8) is 0 Å². The van der Waals surface area contributed by atoms with Crippen molar-refractivity contribution in [1.82, 2.24) is 30.2 Å². The summed E-state index contributed by atoms with van der Waals surface area (Å²) in [5, 5.41) is 5.43. The summed E-state index contributed by atoms with van der Waals surface area (Å²) in [6.07, 6.45) is -7.89. The monoisotopic (exact) mass is 584 g/mol. The molecule has 1 saturated heterocycles. The summed E-state index contributed by atoms with van der Waals surface area (Å²) in [6.45, 7) is 5.83. The maximum atomic E-state index is 13.3. The molecule has 0 bridgehead atoms. The van der Waals surface area contributed by atoms with Crippen molar-refractivity contribution in [3.05, 3.63) is 47.9 Å². The van der Waals surface area contributed by atoms with E-state index in [1.807, 2.05) is 0 Å². The second kappa shape index (κ2) is 11.3. The average Bonchev–Trinajstić information content (AvgIpc) is 2.87. The highest BCUT2D eigenvalue weighted by molar-refractivity contribution is 5.68. The molecule has 3 aromatic heterocycles. The molecule has 0 spiro atoms. The lowest BCUT2D eigenvalue weighted by atomic mass is 10.1. The van der Waals surface area contributed by atoms with Crippen LogP contribution >= 0.6 is 0 Å². The van der Waals surface area contributed by atoms with Crippen molar-refractivity contribution >= 4 is 23.7 Å². The van der Waals surface area contributed by atoms with E-state index in [-0.39, 0.29) is 41.7 Å². The van der Waals surface area contributed by atoms with Crippen molar-refractivity contribution in [1.29, 1.82) is 0 Å². The third kappa shape index (κ3) is 8.14. The van der Waals surface area contributed by atoms with E-state index in [4.69, 9.17) is 4.74 Å².